The first kappa shape index (κ1) is 35.8. The Kier molecular flexibility index (Phi) is 12.1. The number of carbonyl (C=O) groups is 3. The van der Waals surface area contributed by atoms with Gasteiger partial charge in [-0.05, 0) is 20.3 Å². The number of amides is 1. The molecule has 4 rings (SSSR count). The van der Waals surface area contributed by atoms with Gasteiger partial charge in [0.1, 0.15) is 11.9 Å². The van der Waals surface area contributed by atoms with Crippen molar-refractivity contribution in [3.8, 4) is 0 Å². The van der Waals surface area contributed by atoms with Gasteiger partial charge in [-0.3, -0.25) is 38.8 Å². The summed E-state index contributed by atoms with van der Waals surface area (Å²) in [5.41, 5.74) is 10.6. The fourth-order valence-corrected chi connectivity index (χ4v) is 5.16. The normalized spacial score (nSPS) is 19.3. The number of aromatic nitrogens is 4. The van der Waals surface area contributed by atoms with E-state index >= 15 is 0 Å². The van der Waals surface area contributed by atoms with E-state index in [0.717, 1.165) is 0 Å². The second kappa shape index (κ2) is 15.5. The molecule has 46 heavy (non-hydrogen) atoms. The third-order valence-electron chi connectivity index (χ3n) is 7.55. The number of rotatable bonds is 9. The van der Waals surface area contributed by atoms with E-state index in [1.807, 2.05) is 0 Å². The van der Waals surface area contributed by atoms with Crippen LogP contribution in [-0.2, 0) is 30.3 Å². The van der Waals surface area contributed by atoms with E-state index in [9.17, 15) is 34.2 Å². The second-order valence-electron chi connectivity index (χ2n) is 10.9. The van der Waals surface area contributed by atoms with Crippen molar-refractivity contribution in [3.05, 3.63) is 26.3 Å². The quantitative estimate of drug-likeness (QED) is 0.155. The van der Waals surface area contributed by atoms with Crippen LogP contribution >= 0.6 is 0 Å². The van der Waals surface area contributed by atoms with Crippen LogP contribution in [0.2, 0.25) is 0 Å². The van der Waals surface area contributed by atoms with E-state index in [1.165, 1.54) is 11.8 Å². The van der Waals surface area contributed by atoms with Gasteiger partial charge in [0.05, 0.1) is 23.8 Å². The van der Waals surface area contributed by atoms with E-state index in [-0.39, 0.29) is 66.6 Å². The number of nitrogens with zero attached hydrogens (tertiary/aromatic N) is 3. The van der Waals surface area contributed by atoms with Gasteiger partial charge in [-0.15, -0.1) is 0 Å². The molecule has 0 aliphatic carbocycles. The number of fused-ring (bicyclic) bond motifs is 2. The predicted molar refractivity (Wildman–Crippen MR) is 168 cm³/mol. The number of nitrogen functional groups attached to an aromatic ring is 2. The highest BCUT2D eigenvalue weighted by atomic mass is 16.6. The monoisotopic (exact) mass is 649 g/mol. The Labute approximate surface area is 264 Å². The van der Waals surface area contributed by atoms with Crippen LogP contribution in [-0.4, -0.2) is 91.5 Å². The molecule has 0 bridgehead atoms. The van der Waals surface area contributed by atoms with Gasteiger partial charge in [0.15, 0.2) is 17.6 Å². The molecule has 0 spiro atoms. The Hall–Kier alpha value is -4.71. The summed E-state index contributed by atoms with van der Waals surface area (Å²) in [6, 6.07) is -0.795. The number of ether oxygens (including phenoxy) is 2. The Balaban J connectivity index is 0.000000286. The zero-order valence-electron chi connectivity index (χ0n) is 26.5. The standard InChI is InChI=1S/C18H27N5O6.C10H16N4O3/c1-5-11(24)23-10(8-20-16-14(23)17(27)22-18(19)21-16)15(29-13(26)7-3)9(4)28-12(25)6-2;1-4(15)7(16)5-2-6-8(12-3-5)13-10(11)14-9(6)17/h9-10,15H,5-8H2,1-4H3,(H4,19,20,21,22,27);4-5,7,15-16H,2-3H2,1H3,(H4,11,12,13,14,17)/t9-,10?,15-;4-,5?,7-/m00/s1. The van der Waals surface area contributed by atoms with Gasteiger partial charge in [-0.1, -0.05) is 20.8 Å². The van der Waals surface area contributed by atoms with Crippen molar-refractivity contribution in [1.29, 1.82) is 0 Å². The minimum Gasteiger partial charge on any atom is -0.459 e. The van der Waals surface area contributed by atoms with Crippen molar-refractivity contribution >= 4 is 47.1 Å². The van der Waals surface area contributed by atoms with Gasteiger partial charge in [-0.25, -0.2) is 0 Å². The van der Waals surface area contributed by atoms with Crippen LogP contribution in [0.25, 0.3) is 0 Å². The molecule has 18 nitrogen and oxygen atoms in total. The fraction of sp³-hybridized carbons (Fsp3) is 0.607. The summed E-state index contributed by atoms with van der Waals surface area (Å²) < 4.78 is 10.9. The summed E-state index contributed by atoms with van der Waals surface area (Å²) in [5.74, 6) is -0.995. The van der Waals surface area contributed by atoms with Crippen LogP contribution in [0.4, 0.5) is 29.2 Å². The molecule has 0 aromatic carbocycles. The molecule has 2 aliphatic rings. The maximum absolute atomic E-state index is 12.8. The second-order valence-corrected chi connectivity index (χ2v) is 10.9. The molecule has 0 saturated carbocycles. The van der Waals surface area contributed by atoms with Gasteiger partial charge in [-0.2, -0.15) is 9.97 Å². The number of nitrogens with one attached hydrogen (secondary N) is 4. The van der Waals surface area contributed by atoms with E-state index in [0.29, 0.717) is 24.3 Å². The van der Waals surface area contributed by atoms with Crippen molar-refractivity contribution in [2.75, 3.05) is 40.1 Å². The lowest BCUT2D eigenvalue weighted by Gasteiger charge is -2.41. The number of nitrogens with two attached hydrogens (primary N) is 2. The summed E-state index contributed by atoms with van der Waals surface area (Å²) in [6.07, 6.45) is -2.83. The van der Waals surface area contributed by atoms with Crippen molar-refractivity contribution in [1.82, 2.24) is 19.9 Å². The number of aliphatic hydroxyl groups is 2. The van der Waals surface area contributed by atoms with Crippen molar-refractivity contribution in [2.24, 2.45) is 5.92 Å². The van der Waals surface area contributed by atoms with Crippen molar-refractivity contribution < 1.29 is 34.1 Å². The lowest BCUT2D eigenvalue weighted by molar-refractivity contribution is -0.168. The largest absolute Gasteiger partial charge is 0.459 e. The topological polar surface area (TPSA) is 281 Å². The highest BCUT2D eigenvalue weighted by molar-refractivity contribution is 5.97. The SMILES string of the molecule is CCC(=O)O[C@@H](C)[C@H](OC(=O)CC)C1CNc2nc(N)[nH]c(=O)c2N1C(=O)CC.C[C@H](O)[C@H](O)C1CNc2nc(N)[nH]c(=O)c2C1. The van der Waals surface area contributed by atoms with Gasteiger partial charge in [0, 0.05) is 38.3 Å². The van der Waals surface area contributed by atoms with Crippen LogP contribution in [0.5, 0.6) is 0 Å². The Morgan fingerprint density at radius 3 is 2.04 bits per heavy atom. The van der Waals surface area contributed by atoms with Gasteiger partial charge >= 0.3 is 11.9 Å². The molecule has 254 valence electrons. The molecule has 2 aromatic heterocycles. The minimum atomic E-state index is -0.994. The van der Waals surface area contributed by atoms with E-state index in [1.54, 1.807) is 27.7 Å². The average molecular weight is 650 g/mol. The highest BCUT2D eigenvalue weighted by Gasteiger charge is 2.43. The van der Waals surface area contributed by atoms with Gasteiger partial charge < -0.3 is 41.8 Å². The summed E-state index contributed by atoms with van der Waals surface area (Å²) in [4.78, 5) is 74.9. The van der Waals surface area contributed by atoms with Crippen LogP contribution < -0.4 is 38.1 Å². The first-order valence-corrected chi connectivity index (χ1v) is 15.0. The van der Waals surface area contributed by atoms with E-state index in [2.05, 4.69) is 30.6 Å². The molecule has 0 fully saturated rings. The lowest BCUT2D eigenvalue weighted by Crippen LogP contribution is -2.59. The molecule has 2 unspecified atom stereocenters. The maximum atomic E-state index is 12.8. The summed E-state index contributed by atoms with van der Waals surface area (Å²) >= 11 is 0. The number of anilines is 5. The highest BCUT2D eigenvalue weighted by Crippen LogP contribution is 2.31. The van der Waals surface area contributed by atoms with Gasteiger partial charge in [0.2, 0.25) is 17.8 Å². The summed E-state index contributed by atoms with van der Waals surface area (Å²) in [7, 11) is 0. The molecule has 6 atom stereocenters. The van der Waals surface area contributed by atoms with Crippen molar-refractivity contribution in [2.45, 2.75) is 90.8 Å². The zero-order valence-corrected chi connectivity index (χ0v) is 26.5. The Bertz CT molecular complexity index is 1530. The van der Waals surface area contributed by atoms with Crippen LogP contribution in [0.3, 0.4) is 0 Å². The third-order valence-corrected chi connectivity index (χ3v) is 7.55. The smallest absolute Gasteiger partial charge is 0.305 e. The first-order chi connectivity index (χ1) is 21.7. The minimum absolute atomic E-state index is 0.0196. The Morgan fingerprint density at radius 2 is 1.46 bits per heavy atom. The number of carbonyl (C=O) groups excluding carboxylic acids is 3. The average Bonchev–Trinajstić information content (AvgIpc) is 3.02. The molecule has 0 saturated heterocycles. The van der Waals surface area contributed by atoms with Crippen molar-refractivity contribution in [3.63, 3.8) is 0 Å². The van der Waals surface area contributed by atoms with E-state index < -0.39 is 48.0 Å². The molecular weight excluding hydrogens is 606 g/mol. The van der Waals surface area contributed by atoms with Crippen LogP contribution in [0.15, 0.2) is 9.59 Å². The number of aromatic amines is 2. The zero-order chi connectivity index (χ0) is 34.3. The van der Waals surface area contributed by atoms with Crippen LogP contribution in [0.1, 0.15) is 59.4 Å². The van der Waals surface area contributed by atoms with Gasteiger partial charge in [0.25, 0.3) is 11.1 Å². The molecule has 0 radical (unpaired) electrons. The Morgan fingerprint density at radius 1 is 0.891 bits per heavy atom. The molecule has 18 heteroatoms. The molecule has 2 aromatic rings. The van der Waals surface area contributed by atoms with E-state index in [4.69, 9.17) is 20.9 Å². The summed E-state index contributed by atoms with van der Waals surface area (Å²) in [5, 5.41) is 25.0. The number of esters is 2. The first-order valence-electron chi connectivity index (χ1n) is 15.0. The molecule has 10 N–H and O–H groups in total. The fourth-order valence-electron chi connectivity index (χ4n) is 5.16. The third kappa shape index (κ3) is 8.30. The number of hydrogen-bond donors (Lipinski definition) is 8. The van der Waals surface area contributed by atoms with Crippen LogP contribution in [0, 0.1) is 5.92 Å². The molecule has 2 aliphatic heterocycles. The predicted octanol–water partition coefficient (Wildman–Crippen LogP) is -0.769. The number of aliphatic hydroxyl groups excluding tert-OH is 2. The molecule has 4 heterocycles. The molecular formula is C28H43N9O9. The maximum Gasteiger partial charge on any atom is 0.305 e. The number of hydrogen-bond acceptors (Lipinski definition) is 15. The summed E-state index contributed by atoms with van der Waals surface area (Å²) in [6.45, 7) is 8.58. The number of H-pyrrole nitrogens is 2. The lowest BCUT2D eigenvalue weighted by atomic mass is 9.89. The molecule has 1 amide bonds.